The molecule has 11 heavy (non-hydrogen) atoms. The van der Waals surface area contributed by atoms with Crippen molar-refractivity contribution >= 4 is 0 Å². The SMILES string of the molecule is CCC(C)(CC)C1(CC)CN1. The van der Waals surface area contributed by atoms with Gasteiger partial charge in [-0.2, -0.15) is 0 Å². The van der Waals surface area contributed by atoms with Crippen molar-refractivity contribution in [2.75, 3.05) is 6.54 Å². The monoisotopic (exact) mass is 155 g/mol. The van der Waals surface area contributed by atoms with Gasteiger partial charge in [-0.3, -0.25) is 0 Å². The van der Waals surface area contributed by atoms with Crippen molar-refractivity contribution in [3.8, 4) is 0 Å². The largest absolute Gasteiger partial charge is 0.308 e. The molecule has 1 nitrogen and oxygen atoms in total. The topological polar surface area (TPSA) is 21.9 Å². The van der Waals surface area contributed by atoms with Crippen LogP contribution in [0.2, 0.25) is 0 Å². The summed E-state index contributed by atoms with van der Waals surface area (Å²) in [6, 6.07) is 0. The predicted octanol–water partition coefficient (Wildman–Crippen LogP) is 2.56. The maximum absolute atomic E-state index is 3.54. The molecule has 1 heterocycles. The van der Waals surface area contributed by atoms with Gasteiger partial charge in [0.2, 0.25) is 0 Å². The highest BCUT2D eigenvalue weighted by molar-refractivity contribution is 5.12. The molecule has 0 aliphatic carbocycles. The Kier molecular flexibility index (Phi) is 2.29. The van der Waals surface area contributed by atoms with Gasteiger partial charge in [0.15, 0.2) is 0 Å². The van der Waals surface area contributed by atoms with Crippen molar-refractivity contribution in [2.24, 2.45) is 5.41 Å². The lowest BCUT2D eigenvalue weighted by atomic mass is 9.71. The molecule has 66 valence electrons. The molecule has 0 bridgehead atoms. The molecule has 1 heteroatoms. The molecule has 1 atom stereocenters. The van der Waals surface area contributed by atoms with Crippen LogP contribution in [-0.4, -0.2) is 12.1 Å². The van der Waals surface area contributed by atoms with Crippen LogP contribution >= 0.6 is 0 Å². The van der Waals surface area contributed by atoms with Crippen LogP contribution in [0.3, 0.4) is 0 Å². The Morgan fingerprint density at radius 3 is 1.82 bits per heavy atom. The summed E-state index contributed by atoms with van der Waals surface area (Å²) in [4.78, 5) is 0. The van der Waals surface area contributed by atoms with Crippen LogP contribution in [0.15, 0.2) is 0 Å². The van der Waals surface area contributed by atoms with Gasteiger partial charge in [0.1, 0.15) is 0 Å². The van der Waals surface area contributed by atoms with E-state index in [-0.39, 0.29) is 0 Å². The number of nitrogens with one attached hydrogen (secondary N) is 1. The van der Waals surface area contributed by atoms with Crippen LogP contribution in [0, 0.1) is 5.41 Å². The predicted molar refractivity (Wildman–Crippen MR) is 49.7 cm³/mol. The fourth-order valence-corrected chi connectivity index (χ4v) is 2.14. The van der Waals surface area contributed by atoms with E-state index in [1.54, 1.807) is 0 Å². The van der Waals surface area contributed by atoms with Gasteiger partial charge in [0, 0.05) is 12.1 Å². The van der Waals surface area contributed by atoms with E-state index in [0.29, 0.717) is 11.0 Å². The standard InChI is InChI=1S/C10H21N/c1-5-9(4,6-2)10(7-3)8-11-10/h11H,5-8H2,1-4H3. The Morgan fingerprint density at radius 1 is 1.27 bits per heavy atom. The lowest BCUT2D eigenvalue weighted by Crippen LogP contribution is -2.36. The molecule has 1 aliphatic heterocycles. The zero-order valence-electron chi connectivity index (χ0n) is 8.33. The summed E-state index contributed by atoms with van der Waals surface area (Å²) in [6.07, 6.45) is 3.87. The molecule has 1 fully saturated rings. The molecule has 1 unspecified atom stereocenters. The van der Waals surface area contributed by atoms with Gasteiger partial charge in [-0.15, -0.1) is 0 Å². The summed E-state index contributed by atoms with van der Waals surface area (Å²) in [6.45, 7) is 10.6. The minimum atomic E-state index is 0.497. The minimum Gasteiger partial charge on any atom is -0.308 e. The normalized spacial score (nSPS) is 30.5. The van der Waals surface area contributed by atoms with Crippen molar-refractivity contribution in [1.29, 1.82) is 0 Å². The minimum absolute atomic E-state index is 0.497. The van der Waals surface area contributed by atoms with E-state index in [1.807, 2.05) is 0 Å². The summed E-state index contributed by atoms with van der Waals surface area (Å²) in [5.74, 6) is 0. The first kappa shape index (κ1) is 9.05. The molecular formula is C10H21N. The van der Waals surface area contributed by atoms with Gasteiger partial charge in [0.05, 0.1) is 0 Å². The lowest BCUT2D eigenvalue weighted by molar-refractivity contribution is 0.201. The maximum atomic E-state index is 3.54. The molecule has 1 rings (SSSR count). The highest BCUT2D eigenvalue weighted by Gasteiger charge is 2.52. The van der Waals surface area contributed by atoms with Crippen molar-refractivity contribution in [3.63, 3.8) is 0 Å². The highest BCUT2D eigenvalue weighted by Crippen LogP contribution is 2.45. The molecule has 0 amide bonds. The maximum Gasteiger partial charge on any atom is 0.0358 e. The van der Waals surface area contributed by atoms with Crippen LogP contribution in [0.5, 0.6) is 0 Å². The average Bonchev–Trinajstić information content (AvgIpc) is 2.83. The molecular weight excluding hydrogens is 134 g/mol. The molecule has 0 aromatic heterocycles. The smallest absolute Gasteiger partial charge is 0.0358 e. The molecule has 0 aromatic carbocycles. The van der Waals surface area contributed by atoms with Crippen LogP contribution < -0.4 is 5.32 Å². The summed E-state index contributed by atoms with van der Waals surface area (Å²) in [5, 5.41) is 3.54. The summed E-state index contributed by atoms with van der Waals surface area (Å²) in [5.41, 5.74) is 1.03. The summed E-state index contributed by atoms with van der Waals surface area (Å²) >= 11 is 0. The first-order valence-electron chi connectivity index (χ1n) is 4.89. The molecule has 0 radical (unpaired) electrons. The van der Waals surface area contributed by atoms with E-state index in [9.17, 15) is 0 Å². The Morgan fingerprint density at radius 2 is 1.73 bits per heavy atom. The second-order valence-electron chi connectivity index (χ2n) is 4.06. The van der Waals surface area contributed by atoms with E-state index < -0.39 is 0 Å². The van der Waals surface area contributed by atoms with Crippen LogP contribution in [0.1, 0.15) is 47.0 Å². The van der Waals surface area contributed by atoms with E-state index in [0.717, 1.165) is 0 Å². The van der Waals surface area contributed by atoms with Gasteiger partial charge in [-0.05, 0) is 24.7 Å². The number of hydrogen-bond acceptors (Lipinski definition) is 1. The van der Waals surface area contributed by atoms with E-state index >= 15 is 0 Å². The Labute approximate surface area is 70.6 Å². The Hall–Kier alpha value is -0.0400. The third-order valence-corrected chi connectivity index (χ3v) is 3.92. The highest BCUT2D eigenvalue weighted by atomic mass is 15.2. The van der Waals surface area contributed by atoms with Crippen molar-refractivity contribution in [1.82, 2.24) is 5.32 Å². The molecule has 1 N–H and O–H groups in total. The Bertz CT molecular complexity index is 132. The van der Waals surface area contributed by atoms with Crippen LogP contribution in [0.25, 0.3) is 0 Å². The quantitative estimate of drug-likeness (QED) is 0.619. The lowest BCUT2D eigenvalue weighted by Gasteiger charge is -2.35. The molecule has 0 saturated carbocycles. The van der Waals surface area contributed by atoms with Gasteiger partial charge >= 0.3 is 0 Å². The third-order valence-electron chi connectivity index (χ3n) is 3.92. The Balaban J connectivity index is 2.68. The molecule has 1 saturated heterocycles. The number of hydrogen-bond donors (Lipinski definition) is 1. The van der Waals surface area contributed by atoms with E-state index in [4.69, 9.17) is 0 Å². The second-order valence-corrected chi connectivity index (χ2v) is 4.06. The zero-order valence-corrected chi connectivity index (χ0v) is 8.33. The van der Waals surface area contributed by atoms with Gasteiger partial charge in [0.25, 0.3) is 0 Å². The molecule has 1 aliphatic rings. The fourth-order valence-electron chi connectivity index (χ4n) is 2.14. The average molecular weight is 155 g/mol. The zero-order chi connectivity index (χ0) is 8.54. The first-order chi connectivity index (χ1) is 5.14. The van der Waals surface area contributed by atoms with Gasteiger partial charge in [-0.1, -0.05) is 27.7 Å². The van der Waals surface area contributed by atoms with Crippen molar-refractivity contribution < 1.29 is 0 Å². The van der Waals surface area contributed by atoms with E-state index in [1.165, 1.54) is 25.8 Å². The van der Waals surface area contributed by atoms with Crippen LogP contribution in [-0.2, 0) is 0 Å². The summed E-state index contributed by atoms with van der Waals surface area (Å²) < 4.78 is 0. The first-order valence-corrected chi connectivity index (χ1v) is 4.89. The van der Waals surface area contributed by atoms with Gasteiger partial charge < -0.3 is 5.32 Å². The third kappa shape index (κ3) is 1.20. The van der Waals surface area contributed by atoms with Crippen molar-refractivity contribution in [2.45, 2.75) is 52.5 Å². The van der Waals surface area contributed by atoms with E-state index in [2.05, 4.69) is 33.0 Å². The van der Waals surface area contributed by atoms with Crippen molar-refractivity contribution in [3.05, 3.63) is 0 Å². The fraction of sp³-hybridized carbons (Fsp3) is 1.00. The molecule has 0 spiro atoms. The summed E-state index contributed by atoms with van der Waals surface area (Å²) in [7, 11) is 0. The second kappa shape index (κ2) is 2.78. The molecule has 0 aromatic rings. The van der Waals surface area contributed by atoms with Gasteiger partial charge in [-0.25, -0.2) is 0 Å². The van der Waals surface area contributed by atoms with Crippen LogP contribution in [0.4, 0.5) is 0 Å². The number of rotatable bonds is 4.